The molecule has 98 valence electrons. The van der Waals surface area contributed by atoms with Crippen LogP contribution in [0.1, 0.15) is 32.1 Å². The van der Waals surface area contributed by atoms with Gasteiger partial charge in [0.25, 0.3) is 0 Å². The van der Waals surface area contributed by atoms with Gasteiger partial charge in [-0.25, -0.2) is 8.42 Å². The third kappa shape index (κ3) is 2.76. The smallest absolute Gasteiger partial charge is 0.423 e. The molecule has 0 spiro atoms. The van der Waals surface area contributed by atoms with E-state index in [-0.39, 0.29) is 15.6 Å². The fourth-order valence-corrected chi connectivity index (χ4v) is 4.33. The van der Waals surface area contributed by atoms with Gasteiger partial charge in [0, 0.05) is 0 Å². The van der Waals surface area contributed by atoms with Crippen molar-refractivity contribution < 1.29 is 18.5 Å². The Morgan fingerprint density at radius 3 is 2.39 bits per heavy atom. The summed E-state index contributed by atoms with van der Waals surface area (Å²) in [6.07, 6.45) is 4.41. The van der Waals surface area contributed by atoms with Crippen LogP contribution < -0.4 is 5.46 Å². The molecule has 0 heterocycles. The van der Waals surface area contributed by atoms with E-state index < -0.39 is 17.0 Å². The summed E-state index contributed by atoms with van der Waals surface area (Å²) in [6.45, 7) is 0. The number of hydrogen-bond acceptors (Lipinski definition) is 4. The van der Waals surface area contributed by atoms with Gasteiger partial charge in [-0.1, -0.05) is 31.4 Å². The molecule has 0 unspecified atom stereocenters. The average molecular weight is 268 g/mol. The SMILES string of the molecule is O=S(=O)(c1cccc(B(O)O)c1)C1CCCCC1. The molecule has 2 rings (SSSR count). The van der Waals surface area contributed by atoms with E-state index in [1.165, 1.54) is 18.2 Å². The lowest BCUT2D eigenvalue weighted by atomic mass is 9.80. The van der Waals surface area contributed by atoms with Gasteiger partial charge < -0.3 is 10.0 Å². The second-order valence-electron chi connectivity index (χ2n) is 4.75. The molecule has 0 radical (unpaired) electrons. The minimum absolute atomic E-state index is 0.194. The van der Waals surface area contributed by atoms with Crippen LogP contribution in [0, 0.1) is 0 Å². The van der Waals surface area contributed by atoms with Gasteiger partial charge in [-0.15, -0.1) is 0 Å². The van der Waals surface area contributed by atoms with Crippen LogP contribution in [0.5, 0.6) is 0 Å². The third-order valence-electron chi connectivity index (χ3n) is 3.48. The highest BCUT2D eigenvalue weighted by molar-refractivity contribution is 7.92. The molecule has 1 aromatic carbocycles. The standard InChI is InChI=1S/C12H17BO4S/c14-13(15)10-5-4-8-12(9-10)18(16,17)11-6-2-1-3-7-11/h4-5,8-9,11,14-15H,1-3,6-7H2. The van der Waals surface area contributed by atoms with Crippen LogP contribution in [-0.2, 0) is 9.84 Å². The summed E-state index contributed by atoms with van der Waals surface area (Å²) in [5.74, 6) is 0. The fourth-order valence-electron chi connectivity index (χ4n) is 2.42. The van der Waals surface area contributed by atoms with Crippen molar-refractivity contribution in [3.8, 4) is 0 Å². The van der Waals surface area contributed by atoms with Gasteiger partial charge in [-0.05, 0) is 30.4 Å². The summed E-state index contributed by atoms with van der Waals surface area (Å²) >= 11 is 0. The number of sulfone groups is 1. The Bertz CT molecular complexity index is 507. The molecule has 0 aliphatic heterocycles. The lowest BCUT2D eigenvalue weighted by molar-refractivity contribution is 0.425. The number of benzene rings is 1. The zero-order valence-electron chi connectivity index (χ0n) is 10.1. The minimum Gasteiger partial charge on any atom is -0.423 e. The molecule has 1 saturated carbocycles. The molecule has 0 amide bonds. The molecule has 18 heavy (non-hydrogen) atoms. The van der Waals surface area contributed by atoms with E-state index in [0.29, 0.717) is 12.8 Å². The number of rotatable bonds is 3. The summed E-state index contributed by atoms with van der Waals surface area (Å²) in [5, 5.41) is 17.8. The molecule has 2 N–H and O–H groups in total. The van der Waals surface area contributed by atoms with Crippen LogP contribution >= 0.6 is 0 Å². The summed E-state index contributed by atoms with van der Waals surface area (Å²) in [7, 11) is -4.97. The lowest BCUT2D eigenvalue weighted by Crippen LogP contribution is -2.31. The predicted octanol–water partition coefficient (Wildman–Crippen LogP) is 0.473. The minimum atomic E-state index is -3.34. The van der Waals surface area contributed by atoms with Gasteiger partial charge in [0.05, 0.1) is 10.1 Å². The van der Waals surface area contributed by atoms with E-state index in [1.54, 1.807) is 6.07 Å². The average Bonchev–Trinajstić information content (AvgIpc) is 2.40. The van der Waals surface area contributed by atoms with Crippen molar-refractivity contribution in [1.82, 2.24) is 0 Å². The Morgan fingerprint density at radius 2 is 1.78 bits per heavy atom. The van der Waals surface area contributed by atoms with Crippen LogP contribution in [0.4, 0.5) is 0 Å². The van der Waals surface area contributed by atoms with Gasteiger partial charge in [0.1, 0.15) is 0 Å². The third-order valence-corrected chi connectivity index (χ3v) is 5.74. The van der Waals surface area contributed by atoms with E-state index in [2.05, 4.69) is 0 Å². The quantitative estimate of drug-likeness (QED) is 0.781. The van der Waals surface area contributed by atoms with Crippen LogP contribution in [-0.4, -0.2) is 30.8 Å². The molecule has 1 aromatic rings. The summed E-state index contributed by atoms with van der Waals surface area (Å²) in [4.78, 5) is 0.194. The zero-order chi connectivity index (χ0) is 13.2. The van der Waals surface area contributed by atoms with E-state index >= 15 is 0 Å². The van der Waals surface area contributed by atoms with Crippen LogP contribution in [0.2, 0.25) is 0 Å². The maximum Gasteiger partial charge on any atom is 0.488 e. The van der Waals surface area contributed by atoms with Gasteiger partial charge >= 0.3 is 7.12 Å². The molecule has 1 fully saturated rings. The molecule has 4 nitrogen and oxygen atoms in total. The topological polar surface area (TPSA) is 74.6 Å². The first-order valence-electron chi connectivity index (χ1n) is 6.22. The molecule has 0 aromatic heterocycles. The van der Waals surface area contributed by atoms with Crippen molar-refractivity contribution in [2.24, 2.45) is 0 Å². The molecule has 6 heteroatoms. The van der Waals surface area contributed by atoms with Gasteiger partial charge in [0.2, 0.25) is 0 Å². The maximum atomic E-state index is 12.4. The van der Waals surface area contributed by atoms with E-state index in [4.69, 9.17) is 10.0 Å². The van der Waals surface area contributed by atoms with Crippen molar-refractivity contribution in [2.45, 2.75) is 42.2 Å². The second kappa shape index (κ2) is 5.42. The Balaban J connectivity index is 2.31. The molecule has 1 aliphatic rings. The summed E-state index contributed by atoms with van der Waals surface area (Å²) in [6, 6.07) is 5.93. The Kier molecular flexibility index (Phi) is 4.09. The van der Waals surface area contributed by atoms with Crippen molar-refractivity contribution in [1.29, 1.82) is 0 Å². The summed E-state index contributed by atoms with van der Waals surface area (Å²) < 4.78 is 24.8. The monoisotopic (exact) mass is 268 g/mol. The molecule has 0 bridgehead atoms. The first kappa shape index (κ1) is 13.6. The highest BCUT2D eigenvalue weighted by Gasteiger charge is 2.29. The largest absolute Gasteiger partial charge is 0.488 e. The van der Waals surface area contributed by atoms with Crippen molar-refractivity contribution >= 4 is 22.4 Å². The van der Waals surface area contributed by atoms with E-state index in [9.17, 15) is 8.42 Å². The van der Waals surface area contributed by atoms with Crippen molar-refractivity contribution in [3.05, 3.63) is 24.3 Å². The highest BCUT2D eigenvalue weighted by Crippen LogP contribution is 2.28. The lowest BCUT2D eigenvalue weighted by Gasteiger charge is -2.22. The Morgan fingerprint density at radius 1 is 1.11 bits per heavy atom. The van der Waals surface area contributed by atoms with Crippen LogP contribution in [0.25, 0.3) is 0 Å². The van der Waals surface area contributed by atoms with Gasteiger partial charge in [0.15, 0.2) is 9.84 Å². The second-order valence-corrected chi connectivity index (χ2v) is 6.98. The summed E-state index contributed by atoms with van der Waals surface area (Å²) in [5.41, 5.74) is 0.215. The van der Waals surface area contributed by atoms with E-state index in [0.717, 1.165) is 19.3 Å². The molecule has 1 aliphatic carbocycles. The van der Waals surface area contributed by atoms with Crippen LogP contribution in [0.3, 0.4) is 0 Å². The molecule has 0 atom stereocenters. The molecule has 0 saturated heterocycles. The van der Waals surface area contributed by atoms with E-state index in [1.807, 2.05) is 0 Å². The van der Waals surface area contributed by atoms with Crippen LogP contribution in [0.15, 0.2) is 29.2 Å². The van der Waals surface area contributed by atoms with Gasteiger partial charge in [-0.2, -0.15) is 0 Å². The predicted molar refractivity (Wildman–Crippen MR) is 70.3 cm³/mol. The van der Waals surface area contributed by atoms with Crippen molar-refractivity contribution in [3.63, 3.8) is 0 Å². The number of hydrogen-bond donors (Lipinski definition) is 2. The Labute approximate surface area is 108 Å². The van der Waals surface area contributed by atoms with Gasteiger partial charge in [-0.3, -0.25) is 0 Å². The first-order chi connectivity index (χ1) is 8.51. The molecular formula is C12H17BO4S. The molecular weight excluding hydrogens is 251 g/mol. The highest BCUT2D eigenvalue weighted by atomic mass is 32.2. The maximum absolute atomic E-state index is 12.4. The zero-order valence-corrected chi connectivity index (χ0v) is 10.9. The first-order valence-corrected chi connectivity index (χ1v) is 7.76. The normalized spacial score (nSPS) is 17.7. The van der Waals surface area contributed by atoms with Crippen molar-refractivity contribution in [2.75, 3.05) is 0 Å². The fraction of sp³-hybridized carbons (Fsp3) is 0.500. The Hall–Kier alpha value is -0.845.